The van der Waals surface area contributed by atoms with Crippen LogP contribution in [-0.2, 0) is 14.8 Å². The van der Waals surface area contributed by atoms with Gasteiger partial charge in [-0.2, -0.15) is 4.31 Å². The van der Waals surface area contributed by atoms with E-state index in [0.29, 0.717) is 11.1 Å². The third-order valence-corrected chi connectivity index (χ3v) is 9.19. The highest BCUT2D eigenvalue weighted by Crippen LogP contribution is 2.33. The number of aryl methyl sites for hydroxylation is 2. The molecule has 3 aliphatic heterocycles. The van der Waals surface area contributed by atoms with Crippen molar-refractivity contribution in [3.05, 3.63) is 69.6 Å². The number of alkyl halides is 3. The molecule has 5 rings (SSSR count). The summed E-state index contributed by atoms with van der Waals surface area (Å²) in [5, 5.41) is 13.2. The first kappa shape index (κ1) is 29.7. The number of rotatable bonds is 6. The summed E-state index contributed by atoms with van der Waals surface area (Å²) in [6, 6.07) is 8.49. The smallest absolute Gasteiger partial charge is 0.406 e. The predicted octanol–water partition coefficient (Wildman–Crippen LogP) is 2.73. The molecule has 0 aromatic heterocycles. The Morgan fingerprint density at radius 1 is 1.14 bits per heavy atom. The summed E-state index contributed by atoms with van der Waals surface area (Å²) in [6.07, 6.45) is -3.71. The van der Waals surface area contributed by atoms with E-state index < -0.39 is 39.7 Å². The molecule has 0 atom stereocenters. The lowest BCUT2D eigenvalue weighted by Gasteiger charge is -2.36. The third kappa shape index (κ3) is 6.05. The van der Waals surface area contributed by atoms with E-state index >= 15 is 0 Å². The van der Waals surface area contributed by atoms with Crippen molar-refractivity contribution in [1.82, 2.24) is 14.5 Å². The highest BCUT2D eigenvalue weighted by atomic mass is 32.2. The van der Waals surface area contributed by atoms with Gasteiger partial charge in [-0.3, -0.25) is 14.6 Å². The number of amides is 2. The van der Waals surface area contributed by atoms with Crippen LogP contribution in [0.25, 0.3) is 6.08 Å². The molecule has 2 fully saturated rings. The van der Waals surface area contributed by atoms with E-state index in [0.717, 1.165) is 28.7 Å². The van der Waals surface area contributed by atoms with Gasteiger partial charge in [0.1, 0.15) is 17.1 Å². The van der Waals surface area contributed by atoms with Gasteiger partial charge in [-0.15, -0.1) is 13.2 Å². The van der Waals surface area contributed by atoms with Crippen molar-refractivity contribution in [3.63, 3.8) is 0 Å². The number of carbonyl (C=O) groups excluding carboxylic acids is 2. The number of aliphatic imine (C=N–C) groups is 1. The van der Waals surface area contributed by atoms with Gasteiger partial charge in [0, 0.05) is 42.7 Å². The number of benzene rings is 2. The van der Waals surface area contributed by atoms with E-state index in [2.05, 4.69) is 15.0 Å². The average Bonchev–Trinajstić information content (AvgIpc) is 3.20. The molecule has 2 aromatic carbocycles. The summed E-state index contributed by atoms with van der Waals surface area (Å²) < 4.78 is 69.4. The van der Waals surface area contributed by atoms with Gasteiger partial charge in [-0.25, -0.2) is 8.42 Å². The molecule has 2 aromatic rings. The van der Waals surface area contributed by atoms with Crippen LogP contribution in [0.3, 0.4) is 0 Å². The lowest BCUT2D eigenvalue weighted by atomic mass is 9.89. The molecule has 14 heteroatoms. The summed E-state index contributed by atoms with van der Waals surface area (Å²) >= 11 is 0. The number of carbonyl (C=O) groups is 2. The molecule has 0 bridgehead atoms. The molecule has 0 aliphatic carbocycles. The largest absolute Gasteiger partial charge is 0.573 e. The molecule has 3 heterocycles. The fourth-order valence-electron chi connectivity index (χ4n) is 5.35. The number of aliphatic hydroxyl groups excluding tert-OH is 1. The number of nitrogens with zero attached hydrogens (tertiary/aromatic N) is 3. The summed E-state index contributed by atoms with van der Waals surface area (Å²) in [5.41, 5.74) is 1.57. The maximum atomic E-state index is 13.2. The zero-order valence-corrected chi connectivity index (χ0v) is 23.6. The lowest BCUT2D eigenvalue weighted by Crippen LogP contribution is -2.53. The highest BCUT2D eigenvalue weighted by Gasteiger charge is 2.47. The number of amidine groups is 1. The van der Waals surface area contributed by atoms with Gasteiger partial charge in [0.2, 0.25) is 10.0 Å². The molecule has 224 valence electrons. The monoisotopic (exact) mass is 606 g/mol. The van der Waals surface area contributed by atoms with E-state index in [1.54, 1.807) is 30.9 Å². The molecule has 2 saturated heterocycles. The van der Waals surface area contributed by atoms with Crippen LogP contribution in [-0.4, -0.2) is 84.6 Å². The van der Waals surface area contributed by atoms with Crippen molar-refractivity contribution >= 4 is 33.7 Å². The number of piperidine rings is 1. The Morgan fingerprint density at radius 2 is 1.79 bits per heavy atom. The molecule has 42 heavy (non-hydrogen) atoms. The second-order valence-corrected chi connectivity index (χ2v) is 12.5. The van der Waals surface area contributed by atoms with Crippen LogP contribution < -0.4 is 10.1 Å². The fraction of sp³-hybridized carbons (Fsp3) is 0.393. The van der Waals surface area contributed by atoms with E-state index in [1.165, 1.54) is 22.5 Å². The predicted molar refractivity (Wildman–Crippen MR) is 147 cm³/mol. The number of hydrogen-bond donors (Lipinski definition) is 2. The minimum absolute atomic E-state index is 0.0151. The zero-order chi connectivity index (χ0) is 30.4. The van der Waals surface area contributed by atoms with Crippen molar-refractivity contribution in [2.24, 2.45) is 4.99 Å². The number of sulfonamides is 1. The van der Waals surface area contributed by atoms with Gasteiger partial charge < -0.3 is 20.1 Å². The highest BCUT2D eigenvalue weighted by molar-refractivity contribution is 7.92. The SMILES string of the molecule is Cc1cc(C(=O)N2CC(O)C2)cc(C)c1C=CS(=O)(=O)N1CCC2(CC1)N=C(c1cccc(OC(F)(F)F)c1)NC2=O. The molecule has 3 aliphatic rings. The Hall–Kier alpha value is -3.75. The topological polar surface area (TPSA) is 129 Å². The van der Waals surface area contributed by atoms with Gasteiger partial charge in [-0.1, -0.05) is 12.1 Å². The van der Waals surface area contributed by atoms with Crippen molar-refractivity contribution < 1.29 is 41.0 Å². The Bertz CT molecular complexity index is 1570. The fourth-order valence-corrected chi connectivity index (χ4v) is 6.52. The molecule has 10 nitrogen and oxygen atoms in total. The van der Waals surface area contributed by atoms with Crippen LogP contribution in [0.15, 0.2) is 46.8 Å². The Morgan fingerprint density at radius 3 is 2.38 bits per heavy atom. The number of hydrogen-bond acceptors (Lipinski definition) is 7. The van der Waals surface area contributed by atoms with Crippen LogP contribution in [0.1, 0.15) is 45.5 Å². The van der Waals surface area contributed by atoms with Crippen molar-refractivity contribution in [2.75, 3.05) is 26.2 Å². The molecule has 0 radical (unpaired) electrons. The Balaban J connectivity index is 1.26. The van der Waals surface area contributed by atoms with Crippen LogP contribution in [0.4, 0.5) is 13.2 Å². The van der Waals surface area contributed by atoms with Gasteiger partial charge in [0.25, 0.3) is 11.8 Å². The first-order valence-electron chi connectivity index (χ1n) is 13.2. The van der Waals surface area contributed by atoms with Crippen molar-refractivity contribution in [2.45, 2.75) is 44.7 Å². The molecular formula is C28H29F3N4O6S. The third-order valence-electron chi connectivity index (χ3n) is 7.63. The number of nitrogens with one attached hydrogen (secondary N) is 1. The Kier molecular flexibility index (Phi) is 7.66. The van der Waals surface area contributed by atoms with Crippen molar-refractivity contribution in [3.8, 4) is 5.75 Å². The van der Waals surface area contributed by atoms with Crippen LogP contribution in [0, 0.1) is 13.8 Å². The normalized spacial score (nSPS) is 19.6. The molecule has 2 N–H and O–H groups in total. The first-order valence-corrected chi connectivity index (χ1v) is 14.7. The lowest BCUT2D eigenvalue weighted by molar-refractivity contribution is -0.274. The first-order chi connectivity index (χ1) is 19.7. The maximum Gasteiger partial charge on any atom is 0.573 e. The summed E-state index contributed by atoms with van der Waals surface area (Å²) in [5.74, 6) is -0.989. The number of halogens is 3. The standard InChI is InChI=1S/C28H29F3N4O6S/c1-17-12-20(25(37)34-15-21(36)16-34)13-18(2)23(17)6-11-42(39,40)35-9-7-27(8-10-35)26(38)32-24(33-27)19-4-3-5-22(14-19)41-28(29,30)31/h3-6,11-14,21,36H,7-10,15-16H2,1-2H3,(H,32,33,38). The number of β-amino-alcohol motifs (C(OH)–C–C–N with tert-alkyl or cyclic N) is 1. The van der Waals surface area contributed by atoms with Gasteiger partial charge in [-0.05, 0) is 73.7 Å². The average molecular weight is 607 g/mol. The summed E-state index contributed by atoms with van der Waals surface area (Å²) in [4.78, 5) is 31.5. The number of likely N-dealkylation sites (tertiary alicyclic amines) is 1. The quantitative estimate of drug-likeness (QED) is 0.521. The Labute approximate surface area is 240 Å². The molecule has 2 amide bonds. The van der Waals surface area contributed by atoms with Crippen LogP contribution in [0.2, 0.25) is 0 Å². The molecule has 0 saturated carbocycles. The number of ether oxygens (including phenoxy) is 1. The minimum atomic E-state index is -4.87. The van der Waals surface area contributed by atoms with Gasteiger partial charge in [0.05, 0.1) is 6.10 Å². The summed E-state index contributed by atoms with van der Waals surface area (Å²) in [6.45, 7) is 4.16. The minimum Gasteiger partial charge on any atom is -0.406 e. The van der Waals surface area contributed by atoms with E-state index in [1.807, 2.05) is 0 Å². The maximum absolute atomic E-state index is 13.2. The second kappa shape index (κ2) is 10.8. The second-order valence-electron chi connectivity index (χ2n) is 10.7. The van der Waals surface area contributed by atoms with Crippen LogP contribution >= 0.6 is 0 Å². The number of aliphatic hydroxyl groups is 1. The summed E-state index contributed by atoms with van der Waals surface area (Å²) in [7, 11) is -3.86. The zero-order valence-electron chi connectivity index (χ0n) is 22.8. The van der Waals surface area contributed by atoms with Crippen LogP contribution in [0.5, 0.6) is 5.75 Å². The molecule has 1 spiro atoms. The van der Waals surface area contributed by atoms with E-state index in [9.17, 15) is 36.3 Å². The van der Waals surface area contributed by atoms with Gasteiger partial charge >= 0.3 is 6.36 Å². The molecular weight excluding hydrogens is 577 g/mol. The van der Waals surface area contributed by atoms with E-state index in [4.69, 9.17) is 0 Å². The van der Waals surface area contributed by atoms with Gasteiger partial charge in [0.15, 0.2) is 0 Å². The molecule has 0 unspecified atom stereocenters. The van der Waals surface area contributed by atoms with E-state index in [-0.39, 0.29) is 56.3 Å². The van der Waals surface area contributed by atoms with Crippen molar-refractivity contribution in [1.29, 1.82) is 0 Å².